The number of hydrogen-bond donors (Lipinski definition) is 3. The summed E-state index contributed by atoms with van der Waals surface area (Å²) in [6.07, 6.45) is 3.87. The van der Waals surface area contributed by atoms with Crippen molar-refractivity contribution in [1.29, 1.82) is 0 Å². The van der Waals surface area contributed by atoms with E-state index >= 15 is 0 Å². The summed E-state index contributed by atoms with van der Waals surface area (Å²) in [6.45, 7) is 4.87. The van der Waals surface area contributed by atoms with E-state index in [0.717, 1.165) is 19.4 Å². The Morgan fingerprint density at radius 1 is 1.65 bits per heavy atom. The summed E-state index contributed by atoms with van der Waals surface area (Å²) in [5.74, 6) is 0.0463. The molecule has 0 spiro atoms. The lowest BCUT2D eigenvalue weighted by Crippen LogP contribution is -2.55. The molecule has 0 aromatic carbocycles. The molecule has 3 unspecified atom stereocenters. The first-order chi connectivity index (χ1) is 7.53. The van der Waals surface area contributed by atoms with Crippen LogP contribution in [0, 0.1) is 0 Å². The fraction of sp³-hybridized carbons (Fsp3) is 0.909. The molecule has 3 N–H and O–H groups in total. The predicted molar refractivity (Wildman–Crippen MR) is 74.9 cm³/mol. The highest BCUT2D eigenvalue weighted by atomic mass is 35.5. The van der Waals surface area contributed by atoms with E-state index in [1.807, 2.05) is 20.1 Å². The quantitative estimate of drug-likeness (QED) is 0.697. The molecule has 1 aliphatic heterocycles. The lowest BCUT2D eigenvalue weighted by Gasteiger charge is -2.28. The zero-order chi connectivity index (χ0) is 12.2. The number of amides is 1. The normalized spacial score (nSPS) is 27.1. The van der Waals surface area contributed by atoms with Gasteiger partial charge in [-0.25, -0.2) is 0 Å². The highest BCUT2D eigenvalue weighted by Gasteiger charge is 2.36. The summed E-state index contributed by atoms with van der Waals surface area (Å²) in [7, 11) is 0. The second-order valence-electron chi connectivity index (χ2n) is 4.58. The van der Waals surface area contributed by atoms with Gasteiger partial charge in [0.2, 0.25) is 5.91 Å². The monoisotopic (exact) mass is 282 g/mol. The van der Waals surface area contributed by atoms with E-state index in [0.29, 0.717) is 0 Å². The van der Waals surface area contributed by atoms with E-state index in [1.54, 1.807) is 11.8 Å². The molecular formula is C11H23ClN2O2S. The molecule has 102 valence electrons. The molecule has 4 nitrogen and oxygen atoms in total. The summed E-state index contributed by atoms with van der Waals surface area (Å²) in [6, 6.07) is -0.00766. The number of nitrogens with one attached hydrogen (secondary N) is 2. The number of thioether (sulfide) groups is 1. The Balaban J connectivity index is 0.00000256. The van der Waals surface area contributed by atoms with Crippen molar-refractivity contribution in [2.24, 2.45) is 0 Å². The van der Waals surface area contributed by atoms with Gasteiger partial charge in [-0.15, -0.1) is 12.4 Å². The molecule has 1 rings (SSSR count). The zero-order valence-electron chi connectivity index (χ0n) is 10.7. The van der Waals surface area contributed by atoms with Crippen molar-refractivity contribution in [3.8, 4) is 0 Å². The van der Waals surface area contributed by atoms with Crippen LogP contribution in [0.4, 0.5) is 0 Å². The van der Waals surface area contributed by atoms with Gasteiger partial charge in [-0.3, -0.25) is 4.79 Å². The van der Waals surface area contributed by atoms with Crippen LogP contribution in [-0.2, 0) is 4.79 Å². The topological polar surface area (TPSA) is 61.4 Å². The van der Waals surface area contributed by atoms with E-state index in [-0.39, 0.29) is 36.2 Å². The Morgan fingerprint density at radius 2 is 2.29 bits per heavy atom. The molecule has 0 bridgehead atoms. The maximum Gasteiger partial charge on any atom is 0.240 e. The van der Waals surface area contributed by atoms with Crippen molar-refractivity contribution in [3.05, 3.63) is 0 Å². The molecule has 17 heavy (non-hydrogen) atoms. The molecule has 0 aromatic rings. The number of aliphatic hydroxyl groups is 1. The average molecular weight is 283 g/mol. The van der Waals surface area contributed by atoms with Crippen LogP contribution in [0.3, 0.4) is 0 Å². The first-order valence-electron chi connectivity index (χ1n) is 5.73. The van der Waals surface area contributed by atoms with Gasteiger partial charge in [0.1, 0.15) is 0 Å². The molecule has 0 aliphatic carbocycles. The Kier molecular flexibility index (Phi) is 7.47. The second kappa shape index (κ2) is 7.46. The Bertz CT molecular complexity index is 244. The maximum absolute atomic E-state index is 12.0. The van der Waals surface area contributed by atoms with E-state index in [9.17, 15) is 4.79 Å². The molecule has 0 saturated carbocycles. The Morgan fingerprint density at radius 3 is 2.71 bits per heavy atom. The van der Waals surface area contributed by atoms with Crippen LogP contribution in [0.2, 0.25) is 0 Å². The van der Waals surface area contributed by atoms with Gasteiger partial charge < -0.3 is 15.7 Å². The Hall–Kier alpha value is 0.0300. The molecule has 0 aromatic heterocycles. The summed E-state index contributed by atoms with van der Waals surface area (Å²) in [4.78, 5) is 12.0. The van der Waals surface area contributed by atoms with Gasteiger partial charge in [0.05, 0.1) is 12.1 Å². The van der Waals surface area contributed by atoms with Crippen molar-refractivity contribution < 1.29 is 9.90 Å². The van der Waals surface area contributed by atoms with Crippen molar-refractivity contribution in [2.75, 3.05) is 19.4 Å². The minimum atomic E-state index is -0.424. The van der Waals surface area contributed by atoms with Crippen LogP contribution in [-0.4, -0.2) is 47.3 Å². The number of hydrogen-bond acceptors (Lipinski definition) is 4. The predicted octanol–water partition coefficient (Wildman–Crippen LogP) is 0.779. The van der Waals surface area contributed by atoms with Gasteiger partial charge in [-0.2, -0.15) is 11.8 Å². The average Bonchev–Trinajstić information content (AvgIpc) is 2.68. The standard InChI is InChI=1S/C11H22N2O2S.ClH/c1-8(9(7-14)16-3)13-10(15)11(2)5-4-6-12-11;/h8-9,12,14H,4-7H2,1-3H3,(H,13,15);1H. The highest BCUT2D eigenvalue weighted by Crippen LogP contribution is 2.19. The second-order valence-corrected chi connectivity index (χ2v) is 5.66. The summed E-state index contributed by atoms with van der Waals surface area (Å²) in [5, 5.41) is 15.4. The molecule has 1 saturated heterocycles. The largest absolute Gasteiger partial charge is 0.395 e. The van der Waals surface area contributed by atoms with Gasteiger partial charge >= 0.3 is 0 Å². The van der Waals surface area contributed by atoms with Crippen molar-refractivity contribution >= 4 is 30.1 Å². The van der Waals surface area contributed by atoms with Gasteiger partial charge in [0.25, 0.3) is 0 Å². The molecule has 1 heterocycles. The summed E-state index contributed by atoms with van der Waals surface area (Å²) in [5.41, 5.74) is -0.424. The Labute approximate surface area is 114 Å². The number of aliphatic hydroxyl groups excluding tert-OH is 1. The number of carbonyl (C=O) groups is 1. The summed E-state index contributed by atoms with van der Waals surface area (Å²) >= 11 is 1.58. The number of rotatable bonds is 5. The number of halogens is 1. The van der Waals surface area contributed by atoms with Crippen LogP contribution in [0.5, 0.6) is 0 Å². The van der Waals surface area contributed by atoms with Crippen LogP contribution in [0.25, 0.3) is 0 Å². The molecule has 0 radical (unpaired) electrons. The molecular weight excluding hydrogens is 260 g/mol. The first-order valence-corrected chi connectivity index (χ1v) is 7.02. The van der Waals surface area contributed by atoms with Crippen molar-refractivity contribution in [1.82, 2.24) is 10.6 Å². The van der Waals surface area contributed by atoms with Crippen LogP contribution < -0.4 is 10.6 Å². The zero-order valence-corrected chi connectivity index (χ0v) is 12.3. The lowest BCUT2D eigenvalue weighted by molar-refractivity contribution is -0.127. The third-order valence-corrected chi connectivity index (χ3v) is 4.43. The third-order valence-electron chi connectivity index (χ3n) is 3.27. The van der Waals surface area contributed by atoms with E-state index in [4.69, 9.17) is 5.11 Å². The summed E-state index contributed by atoms with van der Waals surface area (Å²) < 4.78 is 0. The third kappa shape index (κ3) is 4.32. The minimum Gasteiger partial charge on any atom is -0.395 e. The molecule has 1 aliphatic rings. The lowest BCUT2D eigenvalue weighted by atomic mass is 9.99. The maximum atomic E-state index is 12.0. The van der Waals surface area contributed by atoms with Crippen LogP contribution in [0.15, 0.2) is 0 Å². The van der Waals surface area contributed by atoms with Gasteiger partial charge in [0.15, 0.2) is 0 Å². The first kappa shape index (κ1) is 17.0. The van der Waals surface area contributed by atoms with Crippen molar-refractivity contribution in [3.63, 3.8) is 0 Å². The van der Waals surface area contributed by atoms with E-state index in [2.05, 4.69) is 10.6 Å². The molecule has 3 atom stereocenters. The fourth-order valence-corrected chi connectivity index (χ4v) is 2.61. The minimum absolute atomic E-state index is 0. The van der Waals surface area contributed by atoms with E-state index < -0.39 is 5.54 Å². The fourth-order valence-electron chi connectivity index (χ4n) is 1.98. The van der Waals surface area contributed by atoms with Crippen LogP contribution >= 0.6 is 24.2 Å². The van der Waals surface area contributed by atoms with Crippen LogP contribution in [0.1, 0.15) is 26.7 Å². The van der Waals surface area contributed by atoms with E-state index in [1.165, 1.54) is 0 Å². The van der Waals surface area contributed by atoms with Gasteiger partial charge in [0, 0.05) is 11.3 Å². The number of carbonyl (C=O) groups excluding carboxylic acids is 1. The van der Waals surface area contributed by atoms with Crippen molar-refractivity contribution in [2.45, 2.75) is 43.5 Å². The SMILES string of the molecule is CSC(CO)C(C)NC(=O)C1(C)CCCN1.Cl. The van der Waals surface area contributed by atoms with Gasteiger partial charge in [-0.05, 0) is 39.5 Å². The highest BCUT2D eigenvalue weighted by molar-refractivity contribution is 7.99. The smallest absolute Gasteiger partial charge is 0.240 e. The molecule has 1 amide bonds. The molecule has 6 heteroatoms. The molecule has 1 fully saturated rings. The van der Waals surface area contributed by atoms with Gasteiger partial charge in [-0.1, -0.05) is 0 Å².